The molecule has 0 unspecified atom stereocenters. The molecule has 11 heteroatoms. The highest BCUT2D eigenvalue weighted by Crippen LogP contribution is 2.36. The lowest BCUT2D eigenvalue weighted by molar-refractivity contribution is -0.137. The zero-order valence-corrected chi connectivity index (χ0v) is 24.3. The number of carbonyl (C=O) groups is 1. The Hall–Kier alpha value is -4.41. The molecule has 1 aliphatic heterocycles. The first-order valence-electron chi connectivity index (χ1n) is 13.6. The average molecular weight is 582 g/mol. The van der Waals surface area contributed by atoms with Gasteiger partial charge in [0.25, 0.3) is 11.5 Å². The number of benzene rings is 2. The zero-order valence-electron chi connectivity index (χ0n) is 24.3. The normalized spacial score (nSPS) is 13.3. The first-order valence-corrected chi connectivity index (χ1v) is 13.6. The lowest BCUT2D eigenvalue weighted by Crippen LogP contribution is -2.42. The van der Waals surface area contributed by atoms with Gasteiger partial charge in [-0.2, -0.15) is 30.9 Å². The summed E-state index contributed by atoms with van der Waals surface area (Å²) >= 11 is 0. The fraction of sp³-hybridized carbons (Fsp3) is 0.355. The van der Waals surface area contributed by atoms with E-state index in [2.05, 4.69) is 31.1 Å². The monoisotopic (exact) mass is 581 g/mol. The number of hydrogen-bond acceptors (Lipinski definition) is 6. The number of anilines is 1. The van der Waals surface area contributed by atoms with Gasteiger partial charge in [-0.15, -0.1) is 16.9 Å². The minimum atomic E-state index is -4.43. The van der Waals surface area contributed by atoms with Crippen LogP contribution in [-0.4, -0.2) is 34.2 Å². The molecule has 0 atom stereocenters. The van der Waals surface area contributed by atoms with E-state index in [9.17, 15) is 22.8 Å². The van der Waals surface area contributed by atoms with Gasteiger partial charge in [0.15, 0.2) is 5.76 Å². The molecule has 0 spiro atoms. The first kappa shape index (κ1) is 29.1. The fourth-order valence-corrected chi connectivity index (χ4v) is 5.63. The molecule has 0 bridgehead atoms. The standard InChI is InChI=1S/C31H32F3N4O4/c1-7-22-17(3)16(2)18(4)25-19(5)26(42-27(22)25)29(40)37-13-12-24-23(15-37)28(39)38(41-6)30(36-24)35-14-20-8-10-21(11-9-20)31(32,33)34/h8-11,14H,7,12-13,15H2,1-6H3,(H,35,36)/q-1. The van der Waals surface area contributed by atoms with Gasteiger partial charge in [-0.25, -0.2) is 4.98 Å². The third-order valence-electron chi connectivity index (χ3n) is 8.19. The smallest absolute Gasteiger partial charge is 0.414 e. The second-order valence-electron chi connectivity index (χ2n) is 10.5. The molecule has 0 fully saturated rings. The van der Waals surface area contributed by atoms with Crippen LogP contribution in [0.1, 0.15) is 67.7 Å². The average Bonchev–Trinajstić information content (AvgIpc) is 3.31. The predicted molar refractivity (Wildman–Crippen MR) is 152 cm³/mol. The van der Waals surface area contributed by atoms with E-state index in [1.165, 1.54) is 31.4 Å². The lowest BCUT2D eigenvalue weighted by atomic mass is 9.92. The molecule has 42 heavy (non-hydrogen) atoms. The third kappa shape index (κ3) is 4.86. The van der Waals surface area contributed by atoms with E-state index in [1.54, 1.807) is 4.90 Å². The van der Waals surface area contributed by atoms with Crippen molar-refractivity contribution in [2.45, 2.75) is 60.2 Å². The molecular formula is C31H32F3N4O4-. The molecule has 3 heterocycles. The number of alkyl halides is 3. The van der Waals surface area contributed by atoms with Crippen LogP contribution < -0.4 is 15.7 Å². The number of halogens is 3. The Bertz CT molecular complexity index is 1750. The van der Waals surface area contributed by atoms with E-state index in [0.717, 1.165) is 56.5 Å². The SMILES string of the molecule is CCc1c(C)c(C)c(C)c2c(C)c(C(=O)N3CCc4nc(N[CH-]c5ccc(C(F)(F)F)cc5)n(OC)c(=O)c4C3)oc12. The second-order valence-corrected chi connectivity index (χ2v) is 10.5. The van der Waals surface area contributed by atoms with Crippen molar-refractivity contribution < 1.29 is 27.2 Å². The molecule has 8 nitrogen and oxygen atoms in total. The number of amides is 1. The van der Waals surface area contributed by atoms with Gasteiger partial charge in [0.1, 0.15) is 12.7 Å². The van der Waals surface area contributed by atoms with E-state index in [1.807, 2.05) is 13.8 Å². The van der Waals surface area contributed by atoms with Crippen LogP contribution in [-0.2, 0) is 25.6 Å². The highest BCUT2D eigenvalue weighted by atomic mass is 19.4. The minimum Gasteiger partial charge on any atom is -0.450 e. The number of nitrogens with one attached hydrogen (secondary N) is 1. The quantitative estimate of drug-likeness (QED) is 0.295. The Balaban J connectivity index is 1.41. The maximum Gasteiger partial charge on any atom is 0.414 e. The number of carbonyl (C=O) groups excluding carboxylic acids is 1. The van der Waals surface area contributed by atoms with Gasteiger partial charge in [-0.1, -0.05) is 13.5 Å². The van der Waals surface area contributed by atoms with Crippen molar-refractivity contribution in [2.24, 2.45) is 0 Å². The molecule has 0 aliphatic carbocycles. The molecule has 5 rings (SSSR count). The number of hydrogen-bond donors (Lipinski definition) is 1. The zero-order chi connectivity index (χ0) is 30.5. The largest absolute Gasteiger partial charge is 0.450 e. The Labute approximate surface area is 241 Å². The summed E-state index contributed by atoms with van der Waals surface area (Å²) < 4.78 is 45.8. The molecule has 2 aromatic heterocycles. The molecule has 2 aromatic carbocycles. The number of aromatic nitrogens is 2. The molecular weight excluding hydrogens is 549 g/mol. The maximum atomic E-state index is 13.7. The molecule has 222 valence electrons. The Morgan fingerprint density at radius 2 is 1.79 bits per heavy atom. The van der Waals surface area contributed by atoms with Gasteiger partial charge in [0, 0.05) is 29.5 Å². The van der Waals surface area contributed by atoms with Crippen LogP contribution in [0.4, 0.5) is 19.1 Å². The highest BCUT2D eigenvalue weighted by Gasteiger charge is 2.31. The summed E-state index contributed by atoms with van der Waals surface area (Å²) in [6.45, 7) is 11.9. The van der Waals surface area contributed by atoms with Crippen LogP contribution >= 0.6 is 0 Å². The van der Waals surface area contributed by atoms with Gasteiger partial charge in [0.05, 0.1) is 17.8 Å². The lowest BCUT2D eigenvalue weighted by Gasteiger charge is -2.28. The van der Waals surface area contributed by atoms with E-state index in [0.29, 0.717) is 29.8 Å². The van der Waals surface area contributed by atoms with Crippen LogP contribution in [0.5, 0.6) is 0 Å². The van der Waals surface area contributed by atoms with E-state index in [4.69, 9.17) is 9.25 Å². The number of rotatable bonds is 6. The van der Waals surface area contributed by atoms with Crippen molar-refractivity contribution in [3.8, 4) is 0 Å². The highest BCUT2D eigenvalue weighted by molar-refractivity contribution is 6.01. The molecule has 1 N–H and O–H groups in total. The summed E-state index contributed by atoms with van der Waals surface area (Å²) in [5.41, 5.74) is 6.06. The predicted octanol–water partition coefficient (Wildman–Crippen LogP) is 5.68. The Morgan fingerprint density at radius 1 is 1.10 bits per heavy atom. The summed E-state index contributed by atoms with van der Waals surface area (Å²) in [5, 5.41) is 3.82. The van der Waals surface area contributed by atoms with Crippen molar-refractivity contribution >= 4 is 22.8 Å². The summed E-state index contributed by atoms with van der Waals surface area (Å²) in [7, 11) is 1.31. The van der Waals surface area contributed by atoms with Crippen LogP contribution in [0.15, 0.2) is 33.5 Å². The number of furan rings is 1. The van der Waals surface area contributed by atoms with E-state index >= 15 is 0 Å². The van der Waals surface area contributed by atoms with Crippen molar-refractivity contribution in [1.82, 2.24) is 14.6 Å². The molecule has 4 aromatic rings. The fourth-order valence-electron chi connectivity index (χ4n) is 5.63. The topological polar surface area (TPSA) is 89.6 Å². The van der Waals surface area contributed by atoms with E-state index in [-0.39, 0.29) is 24.2 Å². The minimum absolute atomic E-state index is 0.0282. The Kier molecular flexibility index (Phi) is 7.46. The molecule has 0 radical (unpaired) electrons. The third-order valence-corrected chi connectivity index (χ3v) is 8.19. The van der Waals surface area contributed by atoms with Crippen LogP contribution in [0.2, 0.25) is 0 Å². The Morgan fingerprint density at radius 3 is 2.40 bits per heavy atom. The van der Waals surface area contributed by atoms with Crippen molar-refractivity contribution in [1.29, 1.82) is 0 Å². The molecule has 0 saturated carbocycles. The molecule has 1 amide bonds. The number of fused-ring (bicyclic) bond motifs is 2. The summed E-state index contributed by atoms with van der Waals surface area (Å²) in [6, 6.07) is 4.56. The van der Waals surface area contributed by atoms with Crippen molar-refractivity contribution in [3.63, 3.8) is 0 Å². The maximum absolute atomic E-state index is 13.7. The van der Waals surface area contributed by atoms with Gasteiger partial charge in [0.2, 0.25) is 5.95 Å². The van der Waals surface area contributed by atoms with Crippen LogP contribution in [0.3, 0.4) is 0 Å². The van der Waals surface area contributed by atoms with Crippen molar-refractivity contribution in [2.75, 3.05) is 19.0 Å². The van der Waals surface area contributed by atoms with Gasteiger partial charge >= 0.3 is 6.18 Å². The van der Waals surface area contributed by atoms with E-state index < -0.39 is 17.3 Å². The van der Waals surface area contributed by atoms with Gasteiger partial charge in [-0.05, 0) is 56.4 Å². The van der Waals surface area contributed by atoms with Crippen molar-refractivity contribution in [3.05, 3.63) is 97.1 Å². The molecule has 0 saturated heterocycles. The summed E-state index contributed by atoms with van der Waals surface area (Å²) in [6.07, 6.45) is -3.33. The summed E-state index contributed by atoms with van der Waals surface area (Å²) in [5.74, 6) is 0.0374. The first-order chi connectivity index (χ1) is 19.9. The number of aryl methyl sites for hydroxylation is 3. The van der Waals surface area contributed by atoms with Gasteiger partial charge < -0.3 is 19.5 Å². The number of nitrogens with zero attached hydrogens (tertiary/aromatic N) is 3. The summed E-state index contributed by atoms with van der Waals surface area (Å²) in [4.78, 5) is 38.6. The van der Waals surface area contributed by atoms with Crippen LogP contribution in [0.25, 0.3) is 11.0 Å². The van der Waals surface area contributed by atoms with Crippen LogP contribution in [0, 0.1) is 34.2 Å². The second kappa shape index (κ2) is 10.8. The molecule has 1 aliphatic rings. The van der Waals surface area contributed by atoms with Gasteiger partial charge in [-0.3, -0.25) is 9.59 Å².